The van der Waals surface area contributed by atoms with Gasteiger partial charge in [0.2, 0.25) is 0 Å². The lowest BCUT2D eigenvalue weighted by molar-refractivity contribution is 0.325. The third-order valence-corrected chi connectivity index (χ3v) is 9.03. The average molecular weight is 414 g/mol. The van der Waals surface area contributed by atoms with Crippen molar-refractivity contribution in [3.05, 3.63) is 59.2 Å². The molecular formula is C21H23N3O2S2. The molecule has 0 amide bonds. The Bertz CT molecular complexity index is 1120. The van der Waals surface area contributed by atoms with Gasteiger partial charge in [-0.05, 0) is 48.6 Å². The van der Waals surface area contributed by atoms with Crippen molar-refractivity contribution in [1.82, 2.24) is 14.7 Å². The van der Waals surface area contributed by atoms with Gasteiger partial charge in [-0.3, -0.25) is 9.58 Å². The molecule has 4 heterocycles. The van der Waals surface area contributed by atoms with E-state index in [4.69, 9.17) is 0 Å². The Labute approximate surface area is 169 Å². The van der Waals surface area contributed by atoms with E-state index in [-0.39, 0.29) is 11.2 Å². The average Bonchev–Trinajstić information content (AvgIpc) is 3.43. The van der Waals surface area contributed by atoms with E-state index in [0.29, 0.717) is 17.5 Å². The number of rotatable bonds is 4. The van der Waals surface area contributed by atoms with Gasteiger partial charge >= 0.3 is 0 Å². The Balaban J connectivity index is 1.43. The predicted octanol–water partition coefficient (Wildman–Crippen LogP) is 3.95. The Morgan fingerprint density at radius 3 is 2.82 bits per heavy atom. The second-order valence-corrected chi connectivity index (χ2v) is 11.1. The first-order valence-corrected chi connectivity index (χ1v) is 12.0. The van der Waals surface area contributed by atoms with Gasteiger partial charge in [0, 0.05) is 48.2 Å². The predicted molar refractivity (Wildman–Crippen MR) is 111 cm³/mol. The number of hydrogen-bond donors (Lipinski definition) is 0. The molecule has 5 rings (SSSR count). The zero-order valence-electron chi connectivity index (χ0n) is 15.9. The number of likely N-dealkylation sites (tertiary alicyclic amines) is 1. The molecule has 1 fully saturated rings. The van der Waals surface area contributed by atoms with Crippen molar-refractivity contribution >= 4 is 21.2 Å². The van der Waals surface area contributed by atoms with Gasteiger partial charge in [0.05, 0.1) is 16.3 Å². The molecule has 0 radical (unpaired) electrons. The van der Waals surface area contributed by atoms with Gasteiger partial charge in [-0.25, -0.2) is 8.42 Å². The molecule has 3 aromatic rings. The molecule has 5 nitrogen and oxygen atoms in total. The number of fused-ring (bicyclic) bond motifs is 3. The molecule has 0 bridgehead atoms. The highest BCUT2D eigenvalue weighted by molar-refractivity contribution is 7.92. The smallest absolute Gasteiger partial charge is 0.183 e. The van der Waals surface area contributed by atoms with Gasteiger partial charge in [0.25, 0.3) is 0 Å². The number of nitrogens with zero attached hydrogens (tertiary/aromatic N) is 3. The summed E-state index contributed by atoms with van der Waals surface area (Å²) in [4.78, 5) is 3.98. The van der Waals surface area contributed by atoms with Crippen LogP contribution in [0.15, 0.2) is 53.0 Å². The third-order valence-electron chi connectivity index (χ3n) is 5.85. The van der Waals surface area contributed by atoms with E-state index in [1.165, 1.54) is 4.88 Å². The molecule has 2 unspecified atom stereocenters. The van der Waals surface area contributed by atoms with Crippen LogP contribution in [0, 0.1) is 0 Å². The molecule has 28 heavy (non-hydrogen) atoms. The zero-order valence-corrected chi connectivity index (χ0v) is 17.6. The zero-order chi connectivity index (χ0) is 19.5. The summed E-state index contributed by atoms with van der Waals surface area (Å²) in [7, 11) is -3.26. The lowest BCUT2D eigenvalue weighted by Crippen LogP contribution is -2.25. The second-order valence-electron chi connectivity index (χ2n) is 8.04. The van der Waals surface area contributed by atoms with Gasteiger partial charge in [0.15, 0.2) is 9.84 Å². The monoisotopic (exact) mass is 413 g/mol. The quantitative estimate of drug-likeness (QED) is 0.650. The molecule has 0 spiro atoms. The van der Waals surface area contributed by atoms with Crippen molar-refractivity contribution < 1.29 is 8.42 Å². The molecule has 0 N–H and O–H groups in total. The largest absolute Gasteiger partial charge is 0.297 e. The lowest BCUT2D eigenvalue weighted by atomic mass is 9.96. The summed E-state index contributed by atoms with van der Waals surface area (Å²) in [5, 5.41) is 6.13. The first-order chi connectivity index (χ1) is 13.4. The van der Waals surface area contributed by atoms with Gasteiger partial charge in [-0.2, -0.15) is 5.10 Å². The molecule has 1 aromatic carbocycles. The molecule has 2 aliphatic heterocycles. The number of sulfone groups is 1. The molecule has 0 aliphatic carbocycles. The van der Waals surface area contributed by atoms with Gasteiger partial charge < -0.3 is 0 Å². The van der Waals surface area contributed by atoms with Gasteiger partial charge in [0.1, 0.15) is 0 Å². The van der Waals surface area contributed by atoms with E-state index in [9.17, 15) is 8.42 Å². The number of benzene rings is 1. The summed E-state index contributed by atoms with van der Waals surface area (Å²) in [5.74, 6) is 0.0556. The van der Waals surface area contributed by atoms with Crippen molar-refractivity contribution in [2.75, 3.05) is 13.1 Å². The maximum Gasteiger partial charge on any atom is 0.183 e. The topological polar surface area (TPSA) is 55.2 Å². The van der Waals surface area contributed by atoms with Crippen molar-refractivity contribution in [2.45, 2.75) is 42.5 Å². The second kappa shape index (κ2) is 6.54. The third kappa shape index (κ3) is 2.84. The molecule has 146 valence electrons. The van der Waals surface area contributed by atoms with Crippen LogP contribution in [0.4, 0.5) is 0 Å². The SMILES string of the molecule is CC(C)n1cc(CN2CC3c4cc(-c5cccs5)ccc4S(=O)(=O)C3C2)cn1. The molecular weight excluding hydrogens is 390 g/mol. The van der Waals surface area contributed by atoms with E-state index in [2.05, 4.69) is 47.6 Å². The van der Waals surface area contributed by atoms with Crippen LogP contribution in [0.3, 0.4) is 0 Å². The summed E-state index contributed by atoms with van der Waals surface area (Å²) in [6.07, 6.45) is 3.96. The maximum absolute atomic E-state index is 13.1. The van der Waals surface area contributed by atoms with Crippen LogP contribution < -0.4 is 0 Å². The summed E-state index contributed by atoms with van der Waals surface area (Å²) >= 11 is 1.68. The Hall–Kier alpha value is -1.96. The lowest BCUT2D eigenvalue weighted by Gasteiger charge is -2.16. The highest BCUT2D eigenvalue weighted by Crippen LogP contribution is 2.46. The minimum Gasteiger partial charge on any atom is -0.297 e. The minimum absolute atomic E-state index is 0.0556. The van der Waals surface area contributed by atoms with Crippen LogP contribution in [0.2, 0.25) is 0 Å². The summed E-state index contributed by atoms with van der Waals surface area (Å²) in [6, 6.07) is 10.3. The Morgan fingerprint density at radius 2 is 2.11 bits per heavy atom. The van der Waals surface area contributed by atoms with Crippen molar-refractivity contribution in [3.63, 3.8) is 0 Å². The molecule has 1 saturated heterocycles. The van der Waals surface area contributed by atoms with Crippen molar-refractivity contribution in [2.24, 2.45) is 0 Å². The van der Waals surface area contributed by atoms with Gasteiger partial charge in [-0.15, -0.1) is 11.3 Å². The normalized spacial score (nSPS) is 23.2. The maximum atomic E-state index is 13.1. The first kappa shape index (κ1) is 18.1. The number of thiophene rings is 1. The van der Waals surface area contributed by atoms with Crippen LogP contribution in [-0.4, -0.2) is 41.4 Å². The molecule has 2 aliphatic rings. The Morgan fingerprint density at radius 1 is 1.25 bits per heavy atom. The molecule has 2 aromatic heterocycles. The minimum atomic E-state index is -3.26. The fraction of sp³-hybridized carbons (Fsp3) is 0.381. The fourth-order valence-electron chi connectivity index (χ4n) is 4.45. The van der Waals surface area contributed by atoms with E-state index in [1.54, 1.807) is 11.3 Å². The summed E-state index contributed by atoms with van der Waals surface area (Å²) in [6.45, 7) is 6.31. The van der Waals surface area contributed by atoms with Crippen molar-refractivity contribution in [1.29, 1.82) is 0 Å². The standard InChI is InChI=1S/C21H23N3O2S2/c1-14(2)24-11-15(9-22-24)10-23-12-18-17-8-16(19-4-3-7-27-19)5-6-20(17)28(25,26)21(18)13-23/h3-9,11,14,18,21H,10,12-13H2,1-2H3. The van der Waals surface area contributed by atoms with Crippen LogP contribution in [0.25, 0.3) is 10.4 Å². The van der Waals surface area contributed by atoms with Crippen LogP contribution in [-0.2, 0) is 16.4 Å². The molecule has 7 heteroatoms. The highest BCUT2D eigenvalue weighted by atomic mass is 32.2. The van der Waals surface area contributed by atoms with E-state index >= 15 is 0 Å². The number of aromatic nitrogens is 2. The van der Waals surface area contributed by atoms with Crippen molar-refractivity contribution in [3.8, 4) is 10.4 Å². The fourth-order valence-corrected chi connectivity index (χ4v) is 7.37. The van der Waals surface area contributed by atoms with Crippen LogP contribution in [0.5, 0.6) is 0 Å². The first-order valence-electron chi connectivity index (χ1n) is 9.60. The van der Waals surface area contributed by atoms with E-state index in [0.717, 1.165) is 29.8 Å². The number of hydrogen-bond acceptors (Lipinski definition) is 5. The summed E-state index contributed by atoms with van der Waals surface area (Å²) in [5.41, 5.74) is 3.25. The molecule has 0 saturated carbocycles. The summed E-state index contributed by atoms with van der Waals surface area (Å²) < 4.78 is 28.2. The van der Waals surface area contributed by atoms with Gasteiger partial charge in [-0.1, -0.05) is 12.1 Å². The Kier molecular flexibility index (Phi) is 4.23. The van der Waals surface area contributed by atoms with E-state index in [1.807, 2.05) is 29.1 Å². The molecule has 2 atom stereocenters. The van der Waals surface area contributed by atoms with Crippen LogP contribution in [0.1, 0.15) is 36.9 Å². The van der Waals surface area contributed by atoms with Crippen LogP contribution >= 0.6 is 11.3 Å². The van der Waals surface area contributed by atoms with E-state index < -0.39 is 9.84 Å². The highest BCUT2D eigenvalue weighted by Gasteiger charge is 2.50.